The van der Waals surface area contributed by atoms with Gasteiger partial charge in [0.25, 0.3) is 5.91 Å². The number of carbonyl (C=O) groups excluding carboxylic acids is 1. The third kappa shape index (κ3) is 4.55. The van der Waals surface area contributed by atoms with Crippen molar-refractivity contribution in [2.45, 2.75) is 6.42 Å². The van der Waals surface area contributed by atoms with E-state index in [1.807, 2.05) is 12.1 Å². The number of methoxy groups -OCH3 is 2. The second kappa shape index (κ2) is 8.41. The molecule has 25 heavy (non-hydrogen) atoms. The van der Waals surface area contributed by atoms with Gasteiger partial charge in [-0.25, -0.2) is 4.39 Å². The third-order valence-corrected chi connectivity index (χ3v) is 4.37. The predicted molar refractivity (Wildman–Crippen MR) is 96.6 cm³/mol. The standard InChI is InChI=1S/C18H18Cl2FNO3/c1-22(18(23)12-9-15(21)14(20)10-13(12)19)7-6-11-4-5-16(24-2)17(8-11)25-3/h4-5,8-10H,6-7H2,1-3H3. The van der Waals surface area contributed by atoms with Crippen LogP contribution in [0.25, 0.3) is 0 Å². The van der Waals surface area contributed by atoms with Crippen molar-refractivity contribution >= 4 is 29.1 Å². The zero-order chi connectivity index (χ0) is 18.6. The van der Waals surface area contributed by atoms with Crippen LogP contribution in [0.3, 0.4) is 0 Å². The number of likely N-dealkylation sites (N-methyl/N-ethyl adjacent to an activating group) is 1. The van der Waals surface area contributed by atoms with Gasteiger partial charge in [-0.1, -0.05) is 29.3 Å². The first-order valence-electron chi connectivity index (χ1n) is 7.48. The van der Waals surface area contributed by atoms with E-state index in [4.69, 9.17) is 32.7 Å². The van der Waals surface area contributed by atoms with Crippen LogP contribution in [0.1, 0.15) is 15.9 Å². The van der Waals surface area contributed by atoms with Crippen molar-refractivity contribution < 1.29 is 18.7 Å². The second-order valence-electron chi connectivity index (χ2n) is 5.41. The normalized spacial score (nSPS) is 10.5. The molecule has 2 rings (SSSR count). The first-order valence-corrected chi connectivity index (χ1v) is 8.24. The number of amides is 1. The molecular formula is C18H18Cl2FNO3. The van der Waals surface area contributed by atoms with E-state index in [0.717, 1.165) is 11.6 Å². The Hall–Kier alpha value is -1.98. The Morgan fingerprint density at radius 1 is 1.08 bits per heavy atom. The molecule has 134 valence electrons. The summed E-state index contributed by atoms with van der Waals surface area (Å²) in [7, 11) is 4.76. The number of benzene rings is 2. The van der Waals surface area contributed by atoms with Crippen molar-refractivity contribution in [2.75, 3.05) is 27.8 Å². The first kappa shape index (κ1) is 19.3. The van der Waals surface area contributed by atoms with Crippen molar-refractivity contribution in [2.24, 2.45) is 0 Å². The number of nitrogens with zero attached hydrogens (tertiary/aromatic N) is 1. The summed E-state index contributed by atoms with van der Waals surface area (Å²) in [5.41, 5.74) is 1.06. The molecule has 0 fully saturated rings. The van der Waals surface area contributed by atoms with Crippen LogP contribution in [0.2, 0.25) is 10.0 Å². The maximum absolute atomic E-state index is 13.6. The lowest BCUT2D eigenvalue weighted by Crippen LogP contribution is -2.29. The van der Waals surface area contributed by atoms with E-state index in [1.165, 1.54) is 11.0 Å². The highest BCUT2D eigenvalue weighted by molar-refractivity contribution is 6.36. The van der Waals surface area contributed by atoms with Crippen LogP contribution in [0, 0.1) is 5.82 Å². The van der Waals surface area contributed by atoms with Crippen LogP contribution in [0.4, 0.5) is 4.39 Å². The lowest BCUT2D eigenvalue weighted by molar-refractivity contribution is 0.0796. The molecule has 2 aromatic carbocycles. The van der Waals surface area contributed by atoms with E-state index in [2.05, 4.69) is 0 Å². The lowest BCUT2D eigenvalue weighted by atomic mass is 10.1. The summed E-state index contributed by atoms with van der Waals surface area (Å²) < 4.78 is 24.1. The Morgan fingerprint density at radius 2 is 1.76 bits per heavy atom. The van der Waals surface area contributed by atoms with Gasteiger partial charge in [0.15, 0.2) is 11.5 Å². The Kier molecular flexibility index (Phi) is 6.51. The minimum absolute atomic E-state index is 0.0818. The monoisotopic (exact) mass is 385 g/mol. The van der Waals surface area contributed by atoms with Crippen LogP contribution in [-0.2, 0) is 6.42 Å². The van der Waals surface area contributed by atoms with Crippen molar-refractivity contribution in [1.29, 1.82) is 0 Å². The first-order chi connectivity index (χ1) is 11.9. The average Bonchev–Trinajstić information content (AvgIpc) is 2.61. The van der Waals surface area contributed by atoms with E-state index in [0.29, 0.717) is 24.5 Å². The molecule has 7 heteroatoms. The fraction of sp³-hybridized carbons (Fsp3) is 0.278. The SMILES string of the molecule is COc1ccc(CCN(C)C(=O)c2cc(F)c(Cl)cc2Cl)cc1OC. The number of rotatable bonds is 6. The Bertz CT molecular complexity index is 783. The molecule has 1 amide bonds. The molecule has 0 spiro atoms. The van der Waals surface area contributed by atoms with Gasteiger partial charge in [0.1, 0.15) is 5.82 Å². The molecule has 0 radical (unpaired) electrons. The number of carbonyl (C=O) groups is 1. The molecule has 0 aliphatic carbocycles. The van der Waals surface area contributed by atoms with Gasteiger partial charge in [-0.2, -0.15) is 0 Å². The molecule has 0 bridgehead atoms. The predicted octanol–water partition coefficient (Wildman–Crippen LogP) is 4.46. The van der Waals surface area contributed by atoms with Crippen molar-refractivity contribution in [1.82, 2.24) is 4.90 Å². The summed E-state index contributed by atoms with van der Waals surface area (Å²) in [6.07, 6.45) is 0.594. The highest BCUT2D eigenvalue weighted by atomic mass is 35.5. The fourth-order valence-corrected chi connectivity index (χ4v) is 2.79. The molecule has 0 saturated carbocycles. The molecule has 0 N–H and O–H groups in total. The molecule has 0 aromatic heterocycles. The van der Waals surface area contributed by atoms with Crippen LogP contribution in [0.15, 0.2) is 30.3 Å². The summed E-state index contributed by atoms with van der Waals surface area (Å²) in [6.45, 7) is 0.425. The van der Waals surface area contributed by atoms with Gasteiger partial charge < -0.3 is 14.4 Å². The molecular weight excluding hydrogens is 368 g/mol. The number of ether oxygens (including phenoxy) is 2. The van der Waals surface area contributed by atoms with Crippen molar-refractivity contribution in [3.8, 4) is 11.5 Å². The van der Waals surface area contributed by atoms with E-state index in [1.54, 1.807) is 27.3 Å². The lowest BCUT2D eigenvalue weighted by Gasteiger charge is -2.18. The minimum atomic E-state index is -0.678. The number of halogens is 3. The van der Waals surface area contributed by atoms with Gasteiger partial charge in [-0.05, 0) is 36.2 Å². The summed E-state index contributed by atoms with van der Waals surface area (Å²) in [6, 6.07) is 7.84. The zero-order valence-corrected chi connectivity index (χ0v) is 15.6. The molecule has 2 aromatic rings. The third-order valence-electron chi connectivity index (χ3n) is 3.77. The second-order valence-corrected chi connectivity index (χ2v) is 6.23. The Balaban J connectivity index is 2.08. The summed E-state index contributed by atoms with van der Waals surface area (Å²) in [5.74, 6) is 0.208. The number of hydrogen-bond acceptors (Lipinski definition) is 3. The van der Waals surface area contributed by atoms with E-state index < -0.39 is 5.82 Å². The summed E-state index contributed by atoms with van der Waals surface area (Å²) in [5, 5.41) is 0.00361. The fourth-order valence-electron chi connectivity index (χ4n) is 2.33. The van der Waals surface area contributed by atoms with Gasteiger partial charge in [0.2, 0.25) is 0 Å². The minimum Gasteiger partial charge on any atom is -0.493 e. The maximum atomic E-state index is 13.6. The molecule has 4 nitrogen and oxygen atoms in total. The van der Waals surface area contributed by atoms with Crippen molar-refractivity contribution in [3.63, 3.8) is 0 Å². The molecule has 0 atom stereocenters. The summed E-state index contributed by atoms with van der Waals surface area (Å²) >= 11 is 11.7. The average molecular weight is 386 g/mol. The molecule has 0 heterocycles. The van der Waals surface area contributed by atoms with Crippen LogP contribution >= 0.6 is 23.2 Å². The molecule has 0 saturated heterocycles. The van der Waals surface area contributed by atoms with E-state index >= 15 is 0 Å². The smallest absolute Gasteiger partial charge is 0.255 e. The van der Waals surface area contributed by atoms with Gasteiger partial charge >= 0.3 is 0 Å². The largest absolute Gasteiger partial charge is 0.493 e. The van der Waals surface area contributed by atoms with Crippen LogP contribution < -0.4 is 9.47 Å². The maximum Gasteiger partial charge on any atom is 0.255 e. The van der Waals surface area contributed by atoms with Crippen LogP contribution in [-0.4, -0.2) is 38.6 Å². The summed E-state index contributed by atoms with van der Waals surface area (Å²) in [4.78, 5) is 13.9. The van der Waals surface area contributed by atoms with Crippen LogP contribution in [0.5, 0.6) is 11.5 Å². The number of hydrogen-bond donors (Lipinski definition) is 0. The van der Waals surface area contributed by atoms with Gasteiger partial charge in [-0.3, -0.25) is 4.79 Å². The van der Waals surface area contributed by atoms with Gasteiger partial charge in [0, 0.05) is 13.6 Å². The molecule has 0 aliphatic rings. The van der Waals surface area contributed by atoms with E-state index in [-0.39, 0.29) is 21.5 Å². The topological polar surface area (TPSA) is 38.8 Å². The Morgan fingerprint density at radius 3 is 2.40 bits per heavy atom. The highest BCUT2D eigenvalue weighted by Crippen LogP contribution is 2.28. The van der Waals surface area contributed by atoms with Crippen molar-refractivity contribution in [3.05, 3.63) is 57.3 Å². The van der Waals surface area contributed by atoms with Gasteiger partial charge in [-0.15, -0.1) is 0 Å². The van der Waals surface area contributed by atoms with Gasteiger partial charge in [0.05, 0.1) is 29.8 Å². The zero-order valence-electron chi connectivity index (χ0n) is 14.1. The molecule has 0 aliphatic heterocycles. The Labute approximate surface area is 156 Å². The quantitative estimate of drug-likeness (QED) is 0.688. The molecule has 0 unspecified atom stereocenters. The highest BCUT2D eigenvalue weighted by Gasteiger charge is 2.18. The van der Waals surface area contributed by atoms with E-state index in [9.17, 15) is 9.18 Å².